The number of carbonyl (C=O) groups is 1. The van der Waals surface area contributed by atoms with E-state index in [0.29, 0.717) is 0 Å². The van der Waals surface area contributed by atoms with Gasteiger partial charge < -0.3 is 15.7 Å². The van der Waals surface area contributed by atoms with Crippen LogP contribution in [0.25, 0.3) is 0 Å². The third kappa shape index (κ3) is 4.82. The molecule has 18 heavy (non-hydrogen) atoms. The third-order valence-electron chi connectivity index (χ3n) is 3.43. The first-order valence-electron chi connectivity index (χ1n) is 6.76. The van der Waals surface area contributed by atoms with Crippen LogP contribution in [0.15, 0.2) is 0 Å². The molecule has 1 aliphatic heterocycles. The number of likely N-dealkylation sites (tertiary alicyclic amines) is 1. The van der Waals surface area contributed by atoms with Gasteiger partial charge >= 0.3 is 6.03 Å². The van der Waals surface area contributed by atoms with Gasteiger partial charge in [0, 0.05) is 24.7 Å². The summed E-state index contributed by atoms with van der Waals surface area (Å²) in [4.78, 5) is 14.1. The van der Waals surface area contributed by atoms with Gasteiger partial charge in [-0.25, -0.2) is 4.79 Å². The quantitative estimate of drug-likeness (QED) is 0.705. The zero-order valence-corrected chi connectivity index (χ0v) is 12.0. The standard InChI is InChI=1S/C13H27N3O2/c1-10(9-17)14-12(18)15-11-5-7-16(8-6-11)13(2,3)4/h10-11,17H,5-9H2,1-4H3,(H2,14,15,18)/t10-/m0/s1. The van der Waals surface area contributed by atoms with E-state index in [1.807, 2.05) is 0 Å². The summed E-state index contributed by atoms with van der Waals surface area (Å²) < 4.78 is 0. The van der Waals surface area contributed by atoms with Gasteiger partial charge in [0.15, 0.2) is 0 Å². The van der Waals surface area contributed by atoms with Crippen molar-refractivity contribution in [3.63, 3.8) is 0 Å². The highest BCUT2D eigenvalue weighted by Crippen LogP contribution is 2.19. The number of piperidine rings is 1. The molecule has 1 aliphatic rings. The Bertz CT molecular complexity index is 268. The maximum absolute atomic E-state index is 11.6. The Morgan fingerprint density at radius 3 is 2.39 bits per heavy atom. The van der Waals surface area contributed by atoms with E-state index in [-0.39, 0.29) is 30.3 Å². The van der Waals surface area contributed by atoms with E-state index in [0.717, 1.165) is 25.9 Å². The van der Waals surface area contributed by atoms with Crippen molar-refractivity contribution in [2.45, 2.75) is 58.2 Å². The van der Waals surface area contributed by atoms with Crippen molar-refractivity contribution < 1.29 is 9.90 Å². The molecule has 5 nitrogen and oxygen atoms in total. The molecule has 3 N–H and O–H groups in total. The number of nitrogens with zero attached hydrogens (tertiary/aromatic N) is 1. The number of amides is 2. The summed E-state index contributed by atoms with van der Waals surface area (Å²) in [5.74, 6) is 0. The van der Waals surface area contributed by atoms with E-state index in [9.17, 15) is 4.79 Å². The summed E-state index contributed by atoms with van der Waals surface area (Å²) >= 11 is 0. The average molecular weight is 257 g/mol. The molecule has 5 heteroatoms. The molecule has 1 fully saturated rings. The number of aliphatic hydroxyl groups is 1. The number of nitrogens with one attached hydrogen (secondary N) is 2. The molecular weight excluding hydrogens is 230 g/mol. The Kier molecular flexibility index (Phi) is 5.41. The second-order valence-corrected chi connectivity index (χ2v) is 6.13. The summed E-state index contributed by atoms with van der Waals surface area (Å²) in [6.07, 6.45) is 1.97. The summed E-state index contributed by atoms with van der Waals surface area (Å²) in [6, 6.07) is -0.125. The Balaban J connectivity index is 2.29. The fourth-order valence-corrected chi connectivity index (χ4v) is 2.19. The van der Waals surface area contributed by atoms with E-state index in [1.165, 1.54) is 0 Å². The fourth-order valence-electron chi connectivity index (χ4n) is 2.19. The van der Waals surface area contributed by atoms with Crippen LogP contribution in [-0.4, -0.2) is 53.4 Å². The lowest BCUT2D eigenvalue weighted by molar-refractivity contribution is 0.0975. The van der Waals surface area contributed by atoms with Crippen LogP contribution in [0, 0.1) is 0 Å². The van der Waals surface area contributed by atoms with Gasteiger partial charge in [-0.15, -0.1) is 0 Å². The van der Waals surface area contributed by atoms with Crippen molar-refractivity contribution in [2.75, 3.05) is 19.7 Å². The predicted molar refractivity (Wildman–Crippen MR) is 72.6 cm³/mol. The lowest BCUT2D eigenvalue weighted by Gasteiger charge is -2.41. The number of urea groups is 1. The Hall–Kier alpha value is -0.810. The van der Waals surface area contributed by atoms with Crippen LogP contribution < -0.4 is 10.6 Å². The van der Waals surface area contributed by atoms with Crippen molar-refractivity contribution in [3.8, 4) is 0 Å². The van der Waals surface area contributed by atoms with Gasteiger partial charge in [-0.3, -0.25) is 4.90 Å². The highest BCUT2D eigenvalue weighted by Gasteiger charge is 2.27. The molecule has 1 heterocycles. The molecule has 0 aromatic heterocycles. The summed E-state index contributed by atoms with van der Waals surface area (Å²) in [5, 5.41) is 14.5. The van der Waals surface area contributed by atoms with Crippen molar-refractivity contribution >= 4 is 6.03 Å². The average Bonchev–Trinajstić information content (AvgIpc) is 2.28. The van der Waals surface area contributed by atoms with Gasteiger partial charge in [0.25, 0.3) is 0 Å². The molecule has 0 radical (unpaired) electrons. The maximum atomic E-state index is 11.6. The zero-order valence-electron chi connectivity index (χ0n) is 12.0. The minimum atomic E-state index is -0.195. The lowest BCUT2D eigenvalue weighted by atomic mass is 9.98. The SMILES string of the molecule is C[C@@H](CO)NC(=O)NC1CCN(C(C)(C)C)CC1. The molecule has 0 saturated carbocycles. The van der Waals surface area contributed by atoms with E-state index in [4.69, 9.17) is 5.11 Å². The number of hydrogen-bond donors (Lipinski definition) is 3. The molecular formula is C13H27N3O2. The van der Waals surface area contributed by atoms with Crippen LogP contribution >= 0.6 is 0 Å². The van der Waals surface area contributed by atoms with Crippen LogP contribution in [0.2, 0.25) is 0 Å². The van der Waals surface area contributed by atoms with Crippen LogP contribution in [0.5, 0.6) is 0 Å². The van der Waals surface area contributed by atoms with E-state index < -0.39 is 0 Å². The first-order valence-corrected chi connectivity index (χ1v) is 6.76. The molecule has 0 aromatic carbocycles. The number of hydrogen-bond acceptors (Lipinski definition) is 3. The van der Waals surface area contributed by atoms with Crippen LogP contribution in [0.1, 0.15) is 40.5 Å². The molecule has 0 spiro atoms. The highest BCUT2D eigenvalue weighted by molar-refractivity contribution is 5.74. The molecule has 0 aliphatic carbocycles. The van der Waals surface area contributed by atoms with Gasteiger partial charge in [-0.1, -0.05) is 0 Å². The largest absolute Gasteiger partial charge is 0.394 e. The molecule has 1 rings (SSSR count). The number of carbonyl (C=O) groups excluding carboxylic acids is 1. The minimum absolute atomic E-state index is 0.0319. The summed E-state index contributed by atoms with van der Waals surface area (Å²) in [6.45, 7) is 10.4. The number of rotatable bonds is 3. The van der Waals surface area contributed by atoms with Gasteiger partial charge in [-0.2, -0.15) is 0 Å². The van der Waals surface area contributed by atoms with Crippen molar-refractivity contribution in [3.05, 3.63) is 0 Å². The third-order valence-corrected chi connectivity index (χ3v) is 3.43. The maximum Gasteiger partial charge on any atom is 0.315 e. The topological polar surface area (TPSA) is 64.6 Å². The van der Waals surface area contributed by atoms with Gasteiger partial charge in [-0.05, 0) is 40.5 Å². The molecule has 0 aromatic rings. The Morgan fingerprint density at radius 2 is 1.94 bits per heavy atom. The Labute approximate surface area is 110 Å². The van der Waals surface area contributed by atoms with Gasteiger partial charge in [0.05, 0.1) is 12.6 Å². The summed E-state index contributed by atoms with van der Waals surface area (Å²) in [5.41, 5.74) is 0.207. The minimum Gasteiger partial charge on any atom is -0.394 e. The van der Waals surface area contributed by atoms with Crippen LogP contribution in [0.4, 0.5) is 4.79 Å². The van der Waals surface area contributed by atoms with Crippen molar-refractivity contribution in [1.82, 2.24) is 15.5 Å². The van der Waals surface area contributed by atoms with Crippen molar-refractivity contribution in [2.24, 2.45) is 0 Å². The molecule has 106 valence electrons. The lowest BCUT2D eigenvalue weighted by Crippen LogP contribution is -2.53. The second kappa shape index (κ2) is 6.38. The first-order chi connectivity index (χ1) is 8.32. The first kappa shape index (κ1) is 15.2. The van der Waals surface area contributed by atoms with E-state index >= 15 is 0 Å². The van der Waals surface area contributed by atoms with Crippen LogP contribution in [-0.2, 0) is 0 Å². The molecule has 2 amide bonds. The number of aliphatic hydroxyl groups excluding tert-OH is 1. The zero-order chi connectivity index (χ0) is 13.8. The summed E-state index contributed by atoms with van der Waals surface area (Å²) in [7, 11) is 0. The van der Waals surface area contributed by atoms with Crippen LogP contribution in [0.3, 0.4) is 0 Å². The molecule has 0 bridgehead atoms. The smallest absolute Gasteiger partial charge is 0.315 e. The predicted octanol–water partition coefficient (Wildman–Crippen LogP) is 0.929. The second-order valence-electron chi connectivity index (χ2n) is 6.13. The van der Waals surface area contributed by atoms with Gasteiger partial charge in [0.1, 0.15) is 0 Å². The Morgan fingerprint density at radius 1 is 1.39 bits per heavy atom. The highest BCUT2D eigenvalue weighted by atomic mass is 16.3. The monoisotopic (exact) mass is 257 g/mol. The molecule has 1 atom stereocenters. The van der Waals surface area contributed by atoms with E-state index in [2.05, 4.69) is 36.3 Å². The normalized spacial score (nSPS) is 20.5. The molecule has 0 unspecified atom stereocenters. The van der Waals surface area contributed by atoms with Crippen molar-refractivity contribution in [1.29, 1.82) is 0 Å². The van der Waals surface area contributed by atoms with Gasteiger partial charge in [0.2, 0.25) is 0 Å². The fraction of sp³-hybridized carbons (Fsp3) is 0.923. The molecule has 1 saturated heterocycles. The van der Waals surface area contributed by atoms with E-state index in [1.54, 1.807) is 6.92 Å².